The van der Waals surface area contributed by atoms with Crippen molar-refractivity contribution in [2.24, 2.45) is 0 Å². The van der Waals surface area contributed by atoms with Gasteiger partial charge in [0.2, 0.25) is 0 Å². The summed E-state index contributed by atoms with van der Waals surface area (Å²) >= 11 is 0. The normalized spacial score (nSPS) is 11.0. The number of aryl methyl sites for hydroxylation is 2. The molecule has 0 bridgehead atoms. The standard InChI is InChI=1S/C25H27N3O4S/c1-5-32-25(29)14-20-8-11-22(27-19(4)23-16-26-13-12-18(23)3)15-24(20)33(30,31)28-21-9-6-17(2)7-10-21/h6-13,15-16,27-28H,4-5,14H2,1-3H3. The van der Waals surface area contributed by atoms with Gasteiger partial charge >= 0.3 is 5.97 Å². The van der Waals surface area contributed by atoms with Gasteiger partial charge in [-0.1, -0.05) is 30.3 Å². The molecular formula is C25H27N3O4S. The summed E-state index contributed by atoms with van der Waals surface area (Å²) < 4.78 is 34.2. The second-order valence-electron chi connectivity index (χ2n) is 7.57. The third kappa shape index (κ3) is 6.20. The van der Waals surface area contributed by atoms with Crippen LogP contribution < -0.4 is 10.0 Å². The average Bonchev–Trinajstić information content (AvgIpc) is 2.76. The van der Waals surface area contributed by atoms with Crippen molar-refractivity contribution in [1.29, 1.82) is 0 Å². The summed E-state index contributed by atoms with van der Waals surface area (Å²) in [5.41, 5.74) is 4.66. The number of sulfonamides is 1. The van der Waals surface area contributed by atoms with Gasteiger partial charge in [-0.05, 0) is 62.2 Å². The molecule has 0 spiro atoms. The number of hydrogen-bond donors (Lipinski definition) is 2. The largest absolute Gasteiger partial charge is 0.466 e. The summed E-state index contributed by atoms with van der Waals surface area (Å²) in [5.74, 6) is -0.500. The summed E-state index contributed by atoms with van der Waals surface area (Å²) in [4.78, 5) is 16.2. The highest BCUT2D eigenvalue weighted by atomic mass is 32.2. The molecule has 0 saturated carbocycles. The highest BCUT2D eigenvalue weighted by Crippen LogP contribution is 2.27. The molecule has 0 atom stereocenters. The van der Waals surface area contributed by atoms with Crippen LogP contribution in [0.4, 0.5) is 11.4 Å². The van der Waals surface area contributed by atoms with Crippen molar-refractivity contribution in [2.75, 3.05) is 16.6 Å². The summed E-state index contributed by atoms with van der Waals surface area (Å²) in [6, 6.07) is 13.7. The van der Waals surface area contributed by atoms with Gasteiger partial charge < -0.3 is 10.1 Å². The number of rotatable bonds is 9. The molecule has 2 N–H and O–H groups in total. The van der Waals surface area contributed by atoms with Crippen LogP contribution in [0.3, 0.4) is 0 Å². The highest BCUT2D eigenvalue weighted by Gasteiger charge is 2.22. The maximum absolute atomic E-state index is 13.3. The molecule has 0 amide bonds. The first-order chi connectivity index (χ1) is 15.7. The second-order valence-corrected chi connectivity index (χ2v) is 9.22. The second kappa shape index (κ2) is 10.3. The molecule has 1 aromatic heterocycles. The zero-order valence-electron chi connectivity index (χ0n) is 18.9. The lowest BCUT2D eigenvalue weighted by Crippen LogP contribution is -2.17. The van der Waals surface area contributed by atoms with Crippen molar-refractivity contribution in [3.8, 4) is 0 Å². The number of carbonyl (C=O) groups excluding carboxylic acids is 1. The van der Waals surface area contributed by atoms with Crippen LogP contribution in [0, 0.1) is 13.8 Å². The van der Waals surface area contributed by atoms with E-state index in [-0.39, 0.29) is 17.9 Å². The van der Waals surface area contributed by atoms with E-state index in [0.29, 0.717) is 22.6 Å². The molecule has 0 aliphatic carbocycles. The molecule has 1 heterocycles. The lowest BCUT2D eigenvalue weighted by molar-refractivity contribution is -0.142. The number of hydrogen-bond acceptors (Lipinski definition) is 6. The summed E-state index contributed by atoms with van der Waals surface area (Å²) in [7, 11) is -3.99. The number of carbonyl (C=O) groups is 1. The van der Waals surface area contributed by atoms with E-state index in [1.54, 1.807) is 43.6 Å². The Morgan fingerprint density at radius 1 is 1.06 bits per heavy atom. The Hall–Kier alpha value is -3.65. The fourth-order valence-corrected chi connectivity index (χ4v) is 4.57. The predicted molar refractivity (Wildman–Crippen MR) is 130 cm³/mol. The average molecular weight is 466 g/mol. The Morgan fingerprint density at radius 3 is 2.42 bits per heavy atom. The van der Waals surface area contributed by atoms with Crippen molar-refractivity contribution in [1.82, 2.24) is 4.98 Å². The molecule has 0 aliphatic rings. The number of nitrogens with zero attached hydrogens (tertiary/aromatic N) is 1. The predicted octanol–water partition coefficient (Wildman–Crippen LogP) is 4.69. The van der Waals surface area contributed by atoms with E-state index in [1.807, 2.05) is 32.0 Å². The Labute approximate surface area is 194 Å². The van der Waals surface area contributed by atoms with E-state index in [0.717, 1.165) is 16.7 Å². The maximum atomic E-state index is 13.3. The number of nitrogens with one attached hydrogen (secondary N) is 2. The third-order valence-electron chi connectivity index (χ3n) is 4.96. The molecule has 3 aromatic rings. The molecule has 0 aliphatic heterocycles. The number of ether oxygens (including phenoxy) is 1. The smallest absolute Gasteiger partial charge is 0.310 e. The number of pyridine rings is 1. The van der Waals surface area contributed by atoms with E-state index in [1.165, 1.54) is 6.07 Å². The van der Waals surface area contributed by atoms with E-state index in [9.17, 15) is 13.2 Å². The zero-order valence-corrected chi connectivity index (χ0v) is 19.7. The van der Waals surface area contributed by atoms with Gasteiger partial charge in [0, 0.05) is 35.0 Å². The van der Waals surface area contributed by atoms with E-state index in [4.69, 9.17) is 4.74 Å². The van der Waals surface area contributed by atoms with Crippen molar-refractivity contribution < 1.29 is 17.9 Å². The molecule has 33 heavy (non-hydrogen) atoms. The molecule has 2 aromatic carbocycles. The number of aromatic nitrogens is 1. The summed E-state index contributed by atoms with van der Waals surface area (Å²) in [6.45, 7) is 9.83. The quantitative estimate of drug-likeness (QED) is 0.445. The van der Waals surface area contributed by atoms with Crippen LogP contribution >= 0.6 is 0 Å². The summed E-state index contributed by atoms with van der Waals surface area (Å²) in [5, 5.41) is 3.15. The highest BCUT2D eigenvalue weighted by molar-refractivity contribution is 7.92. The van der Waals surface area contributed by atoms with Gasteiger partial charge in [0.05, 0.1) is 17.9 Å². The van der Waals surface area contributed by atoms with Crippen LogP contribution in [-0.4, -0.2) is 26.0 Å². The van der Waals surface area contributed by atoms with Crippen LogP contribution in [0.1, 0.15) is 29.2 Å². The molecule has 8 heteroatoms. The van der Waals surface area contributed by atoms with Crippen LogP contribution in [0.5, 0.6) is 0 Å². The third-order valence-corrected chi connectivity index (χ3v) is 6.42. The van der Waals surface area contributed by atoms with Crippen molar-refractivity contribution >= 4 is 33.1 Å². The molecule has 0 radical (unpaired) electrons. The molecule has 172 valence electrons. The van der Waals surface area contributed by atoms with E-state index in [2.05, 4.69) is 21.6 Å². The SMILES string of the molecule is C=C(Nc1ccc(CC(=O)OCC)c(S(=O)(=O)Nc2ccc(C)cc2)c1)c1cnccc1C. The molecular weight excluding hydrogens is 438 g/mol. The monoisotopic (exact) mass is 465 g/mol. The summed E-state index contributed by atoms with van der Waals surface area (Å²) in [6.07, 6.45) is 3.22. The fraction of sp³-hybridized carbons (Fsp3) is 0.200. The molecule has 3 rings (SSSR count). The van der Waals surface area contributed by atoms with Gasteiger partial charge in [-0.15, -0.1) is 0 Å². The molecule has 0 fully saturated rings. The first-order valence-electron chi connectivity index (χ1n) is 10.4. The van der Waals surface area contributed by atoms with E-state index >= 15 is 0 Å². The molecule has 0 saturated heterocycles. The lowest BCUT2D eigenvalue weighted by Gasteiger charge is -2.16. The molecule has 0 unspecified atom stereocenters. The number of esters is 1. The topological polar surface area (TPSA) is 97.4 Å². The minimum atomic E-state index is -3.99. The maximum Gasteiger partial charge on any atom is 0.310 e. The Morgan fingerprint density at radius 2 is 1.76 bits per heavy atom. The van der Waals surface area contributed by atoms with Crippen molar-refractivity contribution in [2.45, 2.75) is 32.1 Å². The van der Waals surface area contributed by atoms with Crippen molar-refractivity contribution in [3.63, 3.8) is 0 Å². The Kier molecular flexibility index (Phi) is 7.50. The Balaban J connectivity index is 1.96. The zero-order chi connectivity index (χ0) is 24.0. The van der Waals surface area contributed by atoms with Gasteiger partial charge in [0.15, 0.2) is 0 Å². The van der Waals surface area contributed by atoms with E-state index < -0.39 is 16.0 Å². The van der Waals surface area contributed by atoms with Gasteiger partial charge in [0.1, 0.15) is 0 Å². The number of benzene rings is 2. The fourth-order valence-electron chi connectivity index (χ4n) is 3.25. The van der Waals surface area contributed by atoms with Gasteiger partial charge in [-0.2, -0.15) is 0 Å². The number of anilines is 2. The minimum absolute atomic E-state index is 0.0168. The first kappa shape index (κ1) is 24.0. The lowest BCUT2D eigenvalue weighted by atomic mass is 10.1. The van der Waals surface area contributed by atoms with Crippen LogP contribution in [-0.2, 0) is 26.0 Å². The van der Waals surface area contributed by atoms with Gasteiger partial charge in [-0.25, -0.2) is 8.42 Å². The minimum Gasteiger partial charge on any atom is -0.466 e. The molecule has 7 nitrogen and oxygen atoms in total. The Bertz CT molecular complexity index is 1270. The van der Waals surface area contributed by atoms with Gasteiger partial charge in [0.25, 0.3) is 10.0 Å². The van der Waals surface area contributed by atoms with Crippen LogP contribution in [0.25, 0.3) is 5.70 Å². The van der Waals surface area contributed by atoms with Gasteiger partial charge in [-0.3, -0.25) is 14.5 Å². The van der Waals surface area contributed by atoms with Crippen molar-refractivity contribution in [3.05, 3.63) is 89.8 Å². The first-order valence-corrected chi connectivity index (χ1v) is 11.9. The van der Waals surface area contributed by atoms with Crippen LogP contribution in [0.2, 0.25) is 0 Å². The van der Waals surface area contributed by atoms with Crippen LogP contribution in [0.15, 0.2) is 72.4 Å².